The molecule has 2 aliphatic rings. The summed E-state index contributed by atoms with van der Waals surface area (Å²) in [5, 5.41) is 3.49. The second kappa shape index (κ2) is 4.58. The SMILES string of the molecule is Fc1cc(NC2CCN3CCC2C3)ccc1Br. The van der Waals surface area contributed by atoms with Crippen molar-refractivity contribution < 1.29 is 4.39 Å². The topological polar surface area (TPSA) is 15.3 Å². The molecule has 1 N–H and O–H groups in total. The van der Waals surface area contributed by atoms with E-state index in [1.54, 1.807) is 12.1 Å². The second-order valence-corrected chi connectivity index (χ2v) is 5.87. The number of rotatable bonds is 2. The Morgan fingerprint density at radius 3 is 2.94 bits per heavy atom. The summed E-state index contributed by atoms with van der Waals surface area (Å²) in [5.74, 6) is 0.536. The molecular formula is C13H16BrFN2. The molecule has 92 valence electrons. The van der Waals surface area contributed by atoms with E-state index in [0.29, 0.717) is 10.5 Å². The zero-order valence-corrected chi connectivity index (χ0v) is 11.2. The lowest BCUT2D eigenvalue weighted by atomic mass is 9.94. The van der Waals surface area contributed by atoms with E-state index in [1.807, 2.05) is 6.07 Å². The third kappa shape index (κ3) is 2.33. The van der Waals surface area contributed by atoms with Crippen molar-refractivity contribution in [1.29, 1.82) is 0 Å². The lowest BCUT2D eigenvalue weighted by Crippen LogP contribution is -2.39. The van der Waals surface area contributed by atoms with E-state index in [-0.39, 0.29) is 5.82 Å². The minimum Gasteiger partial charge on any atom is -0.382 e. The Labute approximate surface area is 109 Å². The van der Waals surface area contributed by atoms with Crippen LogP contribution in [0.25, 0.3) is 0 Å². The molecule has 0 aromatic heterocycles. The van der Waals surface area contributed by atoms with Crippen molar-refractivity contribution in [2.45, 2.75) is 18.9 Å². The van der Waals surface area contributed by atoms with Gasteiger partial charge < -0.3 is 10.2 Å². The van der Waals surface area contributed by atoms with Gasteiger partial charge in [0.05, 0.1) is 4.47 Å². The maximum atomic E-state index is 13.4. The van der Waals surface area contributed by atoms with Crippen molar-refractivity contribution in [2.24, 2.45) is 5.92 Å². The van der Waals surface area contributed by atoms with Gasteiger partial charge in [0, 0.05) is 24.8 Å². The fourth-order valence-corrected chi connectivity index (χ4v) is 3.19. The number of anilines is 1. The first-order valence-electron chi connectivity index (χ1n) is 6.16. The number of nitrogens with one attached hydrogen (secondary N) is 1. The fraction of sp³-hybridized carbons (Fsp3) is 0.538. The third-order valence-corrected chi connectivity index (χ3v) is 4.55. The van der Waals surface area contributed by atoms with Crippen LogP contribution in [0.5, 0.6) is 0 Å². The van der Waals surface area contributed by atoms with Crippen LogP contribution in [-0.2, 0) is 0 Å². The molecule has 3 atom stereocenters. The number of halogens is 2. The Hall–Kier alpha value is -0.610. The van der Waals surface area contributed by atoms with Gasteiger partial charge in [-0.15, -0.1) is 0 Å². The average Bonchev–Trinajstić information content (AvgIpc) is 2.71. The Morgan fingerprint density at radius 1 is 1.29 bits per heavy atom. The zero-order chi connectivity index (χ0) is 11.8. The van der Waals surface area contributed by atoms with Gasteiger partial charge in [-0.25, -0.2) is 4.39 Å². The summed E-state index contributed by atoms with van der Waals surface area (Å²) in [6, 6.07) is 5.79. The number of hydrogen-bond donors (Lipinski definition) is 1. The first-order chi connectivity index (χ1) is 8.22. The summed E-state index contributed by atoms with van der Waals surface area (Å²) in [5.41, 5.74) is 0.899. The van der Waals surface area contributed by atoms with Crippen molar-refractivity contribution in [2.75, 3.05) is 25.0 Å². The Bertz CT molecular complexity index is 424. The van der Waals surface area contributed by atoms with E-state index < -0.39 is 0 Å². The van der Waals surface area contributed by atoms with Crippen LogP contribution < -0.4 is 5.32 Å². The third-order valence-electron chi connectivity index (χ3n) is 3.91. The maximum absolute atomic E-state index is 13.4. The molecule has 17 heavy (non-hydrogen) atoms. The number of fused-ring (bicyclic) bond motifs is 2. The smallest absolute Gasteiger partial charge is 0.139 e. The Kier molecular flexibility index (Phi) is 3.09. The molecule has 2 fully saturated rings. The molecule has 1 aromatic carbocycles. The molecule has 0 saturated carbocycles. The second-order valence-electron chi connectivity index (χ2n) is 5.02. The number of benzene rings is 1. The normalized spacial score (nSPS) is 31.5. The van der Waals surface area contributed by atoms with Crippen molar-refractivity contribution >= 4 is 21.6 Å². The predicted molar refractivity (Wildman–Crippen MR) is 70.7 cm³/mol. The van der Waals surface area contributed by atoms with Gasteiger partial charge >= 0.3 is 0 Å². The highest BCUT2D eigenvalue weighted by Gasteiger charge is 2.34. The summed E-state index contributed by atoms with van der Waals surface area (Å²) in [7, 11) is 0. The summed E-state index contributed by atoms with van der Waals surface area (Å²) in [6.45, 7) is 3.61. The minimum atomic E-state index is -0.196. The molecule has 2 aliphatic heterocycles. The van der Waals surface area contributed by atoms with E-state index >= 15 is 0 Å². The van der Waals surface area contributed by atoms with Gasteiger partial charge in [0.25, 0.3) is 0 Å². The average molecular weight is 299 g/mol. The molecule has 2 nitrogen and oxygen atoms in total. The highest BCUT2D eigenvalue weighted by molar-refractivity contribution is 9.10. The molecule has 2 heterocycles. The van der Waals surface area contributed by atoms with Gasteiger partial charge in [0.1, 0.15) is 5.82 Å². The van der Waals surface area contributed by atoms with E-state index in [4.69, 9.17) is 0 Å². The highest BCUT2D eigenvalue weighted by Crippen LogP contribution is 2.30. The van der Waals surface area contributed by atoms with Crippen LogP contribution in [0.2, 0.25) is 0 Å². The monoisotopic (exact) mass is 298 g/mol. The van der Waals surface area contributed by atoms with Gasteiger partial charge in [0.15, 0.2) is 0 Å². The summed E-state index contributed by atoms with van der Waals surface area (Å²) < 4.78 is 14.0. The molecule has 0 radical (unpaired) electrons. The van der Waals surface area contributed by atoms with Crippen LogP contribution in [0.15, 0.2) is 22.7 Å². The summed E-state index contributed by atoms with van der Waals surface area (Å²) >= 11 is 3.18. The molecule has 0 spiro atoms. The molecule has 2 bridgehead atoms. The van der Waals surface area contributed by atoms with Gasteiger partial charge in [-0.1, -0.05) is 0 Å². The van der Waals surface area contributed by atoms with Crippen LogP contribution in [0, 0.1) is 11.7 Å². The summed E-state index contributed by atoms with van der Waals surface area (Å²) in [4.78, 5) is 2.52. The molecule has 0 aliphatic carbocycles. The van der Waals surface area contributed by atoms with Crippen LogP contribution in [0.1, 0.15) is 12.8 Å². The number of nitrogens with zero attached hydrogens (tertiary/aromatic N) is 1. The Morgan fingerprint density at radius 2 is 2.12 bits per heavy atom. The van der Waals surface area contributed by atoms with Crippen molar-refractivity contribution in [1.82, 2.24) is 4.90 Å². The molecular weight excluding hydrogens is 283 g/mol. The van der Waals surface area contributed by atoms with E-state index in [1.165, 1.54) is 32.5 Å². The first kappa shape index (κ1) is 11.5. The zero-order valence-electron chi connectivity index (χ0n) is 9.63. The van der Waals surface area contributed by atoms with Crippen LogP contribution >= 0.6 is 15.9 Å². The highest BCUT2D eigenvalue weighted by atomic mass is 79.9. The van der Waals surface area contributed by atoms with E-state index in [0.717, 1.165) is 11.6 Å². The molecule has 2 saturated heterocycles. The predicted octanol–water partition coefficient (Wildman–Crippen LogP) is 3.09. The van der Waals surface area contributed by atoms with Gasteiger partial charge in [-0.05, 0) is 59.4 Å². The molecule has 1 aromatic rings. The lowest BCUT2D eigenvalue weighted by molar-refractivity contribution is 0.255. The molecule has 3 rings (SSSR count). The van der Waals surface area contributed by atoms with Crippen molar-refractivity contribution in [3.05, 3.63) is 28.5 Å². The lowest BCUT2D eigenvalue weighted by Gasteiger charge is -2.31. The van der Waals surface area contributed by atoms with Gasteiger partial charge in [-0.2, -0.15) is 0 Å². The van der Waals surface area contributed by atoms with Crippen molar-refractivity contribution in [3.63, 3.8) is 0 Å². The van der Waals surface area contributed by atoms with Crippen LogP contribution in [0.4, 0.5) is 10.1 Å². The first-order valence-corrected chi connectivity index (χ1v) is 6.95. The molecule has 4 heteroatoms. The standard InChI is InChI=1S/C13H16BrFN2/c14-11-2-1-10(7-12(11)15)16-13-4-6-17-5-3-9(13)8-17/h1-2,7,9,13,16H,3-6,8H2. The van der Waals surface area contributed by atoms with Gasteiger partial charge in [0.2, 0.25) is 0 Å². The Balaban J connectivity index is 1.71. The quantitative estimate of drug-likeness (QED) is 0.903. The van der Waals surface area contributed by atoms with Crippen molar-refractivity contribution in [3.8, 4) is 0 Å². The van der Waals surface area contributed by atoms with E-state index in [2.05, 4.69) is 26.1 Å². The van der Waals surface area contributed by atoms with Gasteiger partial charge in [-0.3, -0.25) is 0 Å². The number of piperidine rings is 1. The molecule has 0 amide bonds. The van der Waals surface area contributed by atoms with Crippen LogP contribution in [0.3, 0.4) is 0 Å². The number of hydrogen-bond acceptors (Lipinski definition) is 2. The minimum absolute atomic E-state index is 0.196. The van der Waals surface area contributed by atoms with Crippen LogP contribution in [-0.4, -0.2) is 30.6 Å². The maximum Gasteiger partial charge on any atom is 0.139 e. The largest absolute Gasteiger partial charge is 0.382 e. The summed E-state index contributed by atoms with van der Waals surface area (Å²) in [6.07, 6.45) is 2.44. The molecule has 3 unspecified atom stereocenters. The fourth-order valence-electron chi connectivity index (χ4n) is 2.94. The van der Waals surface area contributed by atoms with E-state index in [9.17, 15) is 4.39 Å².